The number of carboxylic acid groups (broad SMARTS) is 1. The number of benzene rings is 1. The molecule has 94 valence electrons. The molecule has 1 aromatic rings. The zero-order valence-electron chi connectivity index (χ0n) is 10.2. The molecule has 0 aromatic heterocycles. The summed E-state index contributed by atoms with van der Waals surface area (Å²) in [5.41, 5.74) is 1.83. The smallest absolute Gasteiger partial charge is 0.317 e. The summed E-state index contributed by atoms with van der Waals surface area (Å²) in [6.07, 6.45) is 0.877. The predicted octanol–water partition coefficient (Wildman–Crippen LogP) is 2.43. The van der Waals surface area contributed by atoms with Gasteiger partial charge in [0, 0.05) is 6.54 Å². The van der Waals surface area contributed by atoms with Gasteiger partial charge in [-0.3, -0.25) is 9.69 Å². The maximum absolute atomic E-state index is 13.1. The Hall–Kier alpha value is -1.42. The van der Waals surface area contributed by atoms with Gasteiger partial charge in [0.05, 0.1) is 6.54 Å². The highest BCUT2D eigenvalue weighted by molar-refractivity contribution is 5.69. The van der Waals surface area contributed by atoms with Crippen molar-refractivity contribution in [1.82, 2.24) is 4.90 Å². The van der Waals surface area contributed by atoms with Gasteiger partial charge in [0.2, 0.25) is 0 Å². The first-order valence-corrected chi connectivity index (χ1v) is 5.72. The lowest BCUT2D eigenvalue weighted by atomic mass is 10.1. The van der Waals surface area contributed by atoms with Gasteiger partial charge in [0.15, 0.2) is 0 Å². The Labute approximate surface area is 101 Å². The lowest BCUT2D eigenvalue weighted by molar-refractivity contribution is -0.138. The van der Waals surface area contributed by atoms with Gasteiger partial charge in [-0.25, -0.2) is 4.39 Å². The number of carbonyl (C=O) groups is 1. The van der Waals surface area contributed by atoms with Crippen LogP contribution in [0.2, 0.25) is 0 Å². The molecule has 0 heterocycles. The fourth-order valence-electron chi connectivity index (χ4n) is 1.77. The van der Waals surface area contributed by atoms with Gasteiger partial charge in [-0.15, -0.1) is 0 Å². The Balaban J connectivity index is 2.77. The first kappa shape index (κ1) is 13.6. The van der Waals surface area contributed by atoms with Gasteiger partial charge in [0.1, 0.15) is 5.82 Å². The van der Waals surface area contributed by atoms with Crippen molar-refractivity contribution in [2.24, 2.45) is 0 Å². The molecule has 1 N–H and O–H groups in total. The summed E-state index contributed by atoms with van der Waals surface area (Å²) in [6.45, 7) is 5.06. The summed E-state index contributed by atoms with van der Waals surface area (Å²) in [7, 11) is 0. The number of hydrogen-bond acceptors (Lipinski definition) is 2. The molecular weight excluding hydrogens is 221 g/mol. The molecule has 0 saturated heterocycles. The number of hydrogen-bond donors (Lipinski definition) is 1. The van der Waals surface area contributed by atoms with Gasteiger partial charge < -0.3 is 5.11 Å². The van der Waals surface area contributed by atoms with Crippen LogP contribution >= 0.6 is 0 Å². The molecular formula is C13H18FNO2. The van der Waals surface area contributed by atoms with E-state index in [1.165, 1.54) is 12.1 Å². The van der Waals surface area contributed by atoms with Gasteiger partial charge in [-0.2, -0.15) is 0 Å². The van der Waals surface area contributed by atoms with Crippen LogP contribution in [0.1, 0.15) is 24.5 Å². The van der Waals surface area contributed by atoms with Crippen LogP contribution in [0.4, 0.5) is 4.39 Å². The molecule has 0 atom stereocenters. The molecule has 0 radical (unpaired) electrons. The Bertz CT molecular complexity index is 393. The lowest BCUT2D eigenvalue weighted by Crippen LogP contribution is -2.30. The van der Waals surface area contributed by atoms with E-state index >= 15 is 0 Å². The van der Waals surface area contributed by atoms with E-state index in [1.54, 1.807) is 6.07 Å². The average Bonchev–Trinajstić information content (AvgIpc) is 2.23. The first-order valence-electron chi connectivity index (χ1n) is 5.72. The van der Waals surface area contributed by atoms with Crippen LogP contribution in [0.15, 0.2) is 18.2 Å². The number of halogens is 1. The molecule has 1 rings (SSSR count). The van der Waals surface area contributed by atoms with Crippen molar-refractivity contribution in [2.45, 2.75) is 26.8 Å². The van der Waals surface area contributed by atoms with Crippen molar-refractivity contribution < 1.29 is 14.3 Å². The monoisotopic (exact) mass is 239 g/mol. The van der Waals surface area contributed by atoms with E-state index in [1.807, 2.05) is 18.7 Å². The molecule has 4 heteroatoms. The number of aryl methyl sites for hydroxylation is 1. The standard InChI is InChI=1S/C13H18FNO2/c1-3-6-15(9-13(16)17)8-11-7-12(14)5-4-10(11)2/h4-5,7H,3,6,8-9H2,1-2H3,(H,16,17). The van der Waals surface area contributed by atoms with Gasteiger partial charge in [-0.1, -0.05) is 13.0 Å². The second-order valence-corrected chi connectivity index (χ2v) is 4.18. The van der Waals surface area contributed by atoms with Crippen molar-refractivity contribution in [3.05, 3.63) is 35.1 Å². The Morgan fingerprint density at radius 2 is 2.18 bits per heavy atom. The molecule has 0 aliphatic heterocycles. The summed E-state index contributed by atoms with van der Waals surface area (Å²) in [5, 5.41) is 8.80. The molecule has 0 saturated carbocycles. The van der Waals surface area contributed by atoms with E-state index in [2.05, 4.69) is 0 Å². The second-order valence-electron chi connectivity index (χ2n) is 4.18. The largest absolute Gasteiger partial charge is 0.480 e. The molecule has 1 aromatic carbocycles. The van der Waals surface area contributed by atoms with E-state index in [-0.39, 0.29) is 12.4 Å². The Morgan fingerprint density at radius 1 is 1.47 bits per heavy atom. The molecule has 0 unspecified atom stereocenters. The van der Waals surface area contributed by atoms with Crippen LogP contribution in [0.5, 0.6) is 0 Å². The minimum atomic E-state index is -0.854. The van der Waals surface area contributed by atoms with Crippen molar-refractivity contribution in [3.8, 4) is 0 Å². The van der Waals surface area contributed by atoms with Gasteiger partial charge in [0.25, 0.3) is 0 Å². The van der Waals surface area contributed by atoms with Crippen LogP contribution in [-0.2, 0) is 11.3 Å². The highest BCUT2D eigenvalue weighted by Gasteiger charge is 2.11. The van der Waals surface area contributed by atoms with E-state index in [4.69, 9.17) is 5.11 Å². The molecule has 0 bridgehead atoms. The summed E-state index contributed by atoms with van der Waals surface area (Å²) in [4.78, 5) is 12.5. The topological polar surface area (TPSA) is 40.5 Å². The maximum atomic E-state index is 13.1. The normalized spacial score (nSPS) is 10.8. The van der Waals surface area contributed by atoms with E-state index in [0.717, 1.165) is 17.5 Å². The highest BCUT2D eigenvalue weighted by Crippen LogP contribution is 2.13. The maximum Gasteiger partial charge on any atom is 0.317 e. The minimum Gasteiger partial charge on any atom is -0.480 e. The van der Waals surface area contributed by atoms with Crippen LogP contribution < -0.4 is 0 Å². The van der Waals surface area contributed by atoms with Crippen molar-refractivity contribution in [2.75, 3.05) is 13.1 Å². The van der Waals surface area contributed by atoms with Crippen molar-refractivity contribution >= 4 is 5.97 Å². The fourth-order valence-corrected chi connectivity index (χ4v) is 1.77. The third kappa shape index (κ3) is 4.53. The van der Waals surface area contributed by atoms with E-state index in [0.29, 0.717) is 13.1 Å². The predicted molar refractivity (Wildman–Crippen MR) is 64.3 cm³/mol. The zero-order chi connectivity index (χ0) is 12.8. The van der Waals surface area contributed by atoms with Crippen LogP contribution in [0, 0.1) is 12.7 Å². The van der Waals surface area contributed by atoms with Gasteiger partial charge >= 0.3 is 5.97 Å². The van der Waals surface area contributed by atoms with E-state index in [9.17, 15) is 9.18 Å². The number of carboxylic acids is 1. The number of aliphatic carboxylic acids is 1. The van der Waals surface area contributed by atoms with Crippen LogP contribution in [0.3, 0.4) is 0 Å². The molecule has 3 nitrogen and oxygen atoms in total. The highest BCUT2D eigenvalue weighted by atomic mass is 19.1. The Morgan fingerprint density at radius 3 is 2.76 bits per heavy atom. The summed E-state index contributed by atoms with van der Waals surface area (Å²) in [5.74, 6) is -1.13. The third-order valence-electron chi connectivity index (χ3n) is 2.60. The Kier molecular flexibility index (Phi) is 5.10. The molecule has 0 spiro atoms. The van der Waals surface area contributed by atoms with E-state index < -0.39 is 5.97 Å². The summed E-state index contributed by atoms with van der Waals surface area (Å²) in [6, 6.07) is 4.61. The van der Waals surface area contributed by atoms with Crippen molar-refractivity contribution in [3.63, 3.8) is 0 Å². The fraction of sp³-hybridized carbons (Fsp3) is 0.462. The summed E-state index contributed by atoms with van der Waals surface area (Å²) >= 11 is 0. The molecule has 0 amide bonds. The molecule has 0 fully saturated rings. The number of nitrogens with zero attached hydrogens (tertiary/aromatic N) is 1. The quantitative estimate of drug-likeness (QED) is 0.828. The second kappa shape index (κ2) is 6.35. The SMILES string of the molecule is CCCN(CC(=O)O)Cc1cc(F)ccc1C. The third-order valence-corrected chi connectivity index (χ3v) is 2.60. The summed E-state index contributed by atoms with van der Waals surface area (Å²) < 4.78 is 13.1. The average molecular weight is 239 g/mol. The van der Waals surface area contributed by atoms with Gasteiger partial charge in [-0.05, 0) is 43.1 Å². The lowest BCUT2D eigenvalue weighted by Gasteiger charge is -2.20. The number of rotatable bonds is 6. The zero-order valence-corrected chi connectivity index (χ0v) is 10.2. The minimum absolute atomic E-state index is 0.0101. The first-order chi connectivity index (χ1) is 8.02. The van der Waals surface area contributed by atoms with Crippen LogP contribution in [0.25, 0.3) is 0 Å². The van der Waals surface area contributed by atoms with Crippen LogP contribution in [-0.4, -0.2) is 29.1 Å². The molecule has 17 heavy (non-hydrogen) atoms. The molecule has 0 aliphatic rings. The van der Waals surface area contributed by atoms with Crippen molar-refractivity contribution in [1.29, 1.82) is 0 Å². The molecule has 0 aliphatic carbocycles.